The topological polar surface area (TPSA) is 98.1 Å². The van der Waals surface area contributed by atoms with Crippen molar-refractivity contribution in [3.8, 4) is 11.5 Å². The first kappa shape index (κ1) is 23.5. The molecule has 1 amide bonds. The number of aromatic nitrogens is 5. The van der Waals surface area contributed by atoms with Crippen LogP contribution in [0.25, 0.3) is 22.1 Å². The predicted octanol–water partition coefficient (Wildman–Crippen LogP) is 5.30. The molecule has 1 aliphatic rings. The molecule has 182 valence electrons. The lowest BCUT2D eigenvalue weighted by atomic mass is 10.2. The quantitative estimate of drug-likeness (QED) is 0.348. The van der Waals surface area contributed by atoms with Crippen molar-refractivity contribution in [2.75, 3.05) is 16.8 Å². The number of rotatable bonds is 5. The van der Waals surface area contributed by atoms with Gasteiger partial charge in [-0.05, 0) is 61.4 Å². The van der Waals surface area contributed by atoms with Gasteiger partial charge in [0.15, 0.2) is 5.82 Å². The average Bonchev–Trinajstić information content (AvgIpc) is 3.46. The molecule has 0 saturated carbocycles. The molecule has 6 rings (SSSR count). The zero-order valence-corrected chi connectivity index (χ0v) is 20.6. The molecule has 36 heavy (non-hydrogen) atoms. The van der Waals surface area contributed by atoms with Gasteiger partial charge in [-0.15, -0.1) is 12.4 Å². The summed E-state index contributed by atoms with van der Waals surface area (Å²) in [6.07, 6.45) is 4.70. The summed E-state index contributed by atoms with van der Waals surface area (Å²) in [5.41, 5.74) is 5.08. The maximum Gasteiger partial charge on any atom is 0.228 e. The molecule has 0 radical (unpaired) electrons. The first-order valence-corrected chi connectivity index (χ1v) is 11.4. The Morgan fingerprint density at radius 1 is 1.00 bits per heavy atom. The highest BCUT2D eigenvalue weighted by Crippen LogP contribution is 2.31. The summed E-state index contributed by atoms with van der Waals surface area (Å²) in [5.74, 6) is 2.79. The Balaban J connectivity index is 0.00000267. The van der Waals surface area contributed by atoms with Gasteiger partial charge in [-0.2, -0.15) is 0 Å². The van der Waals surface area contributed by atoms with Crippen LogP contribution in [0.15, 0.2) is 61.2 Å². The number of pyridine rings is 1. The molecule has 1 aliphatic heterocycles. The Kier molecular flexibility index (Phi) is 6.15. The van der Waals surface area contributed by atoms with Crippen molar-refractivity contribution in [2.45, 2.75) is 19.8 Å². The van der Waals surface area contributed by atoms with Gasteiger partial charge in [0.1, 0.15) is 29.2 Å². The van der Waals surface area contributed by atoms with Gasteiger partial charge in [0.25, 0.3) is 0 Å². The fraction of sp³-hybridized carbons (Fsp3) is 0.192. The summed E-state index contributed by atoms with van der Waals surface area (Å²) in [4.78, 5) is 31.7. The van der Waals surface area contributed by atoms with Gasteiger partial charge in [0.05, 0.1) is 22.9 Å². The Labute approximate surface area is 213 Å². The number of imidazole rings is 1. The summed E-state index contributed by atoms with van der Waals surface area (Å²) < 4.78 is 8.11. The number of nitrogens with one attached hydrogen (secondary N) is 1. The molecule has 3 aromatic heterocycles. The van der Waals surface area contributed by atoms with E-state index in [0.717, 1.165) is 40.2 Å². The predicted molar refractivity (Wildman–Crippen MR) is 141 cm³/mol. The summed E-state index contributed by atoms with van der Waals surface area (Å²) in [6, 6.07) is 15.4. The number of anilines is 3. The molecule has 0 spiro atoms. The van der Waals surface area contributed by atoms with Crippen LogP contribution in [-0.2, 0) is 11.8 Å². The minimum Gasteiger partial charge on any atom is -0.457 e. The molecular weight excluding hydrogens is 478 g/mol. The Morgan fingerprint density at radius 3 is 2.69 bits per heavy atom. The molecule has 9 nitrogen and oxygen atoms in total. The van der Waals surface area contributed by atoms with Crippen LogP contribution in [-0.4, -0.2) is 37.0 Å². The molecule has 4 heterocycles. The third-order valence-electron chi connectivity index (χ3n) is 6.18. The standard InChI is InChI=1S/C26H23N7O2.ClH/c1-16-12-17(5-9-22(16)35-18-6-8-21-20(13-18)29-15-32(21)2)30-26-25-19(27-14-28-26)7-10-23(31-25)33-11-3-4-24(33)34;/h5-10,12-15H,3-4,11H2,1-2H3,(H,27,28,30);1H. The molecule has 5 aromatic rings. The van der Waals surface area contributed by atoms with E-state index in [1.807, 2.05) is 67.1 Å². The normalized spacial score (nSPS) is 13.3. The number of halogens is 1. The highest BCUT2D eigenvalue weighted by molar-refractivity contribution is 5.96. The van der Waals surface area contributed by atoms with Crippen LogP contribution in [0.4, 0.5) is 17.3 Å². The molecule has 1 fully saturated rings. The van der Waals surface area contributed by atoms with E-state index in [2.05, 4.69) is 20.3 Å². The maximum atomic E-state index is 12.2. The Bertz CT molecular complexity index is 1600. The third-order valence-corrected chi connectivity index (χ3v) is 6.18. The number of amides is 1. The summed E-state index contributed by atoms with van der Waals surface area (Å²) in [6.45, 7) is 2.68. The van der Waals surface area contributed by atoms with Gasteiger partial charge < -0.3 is 14.6 Å². The summed E-state index contributed by atoms with van der Waals surface area (Å²) >= 11 is 0. The van der Waals surface area contributed by atoms with E-state index >= 15 is 0 Å². The Hall–Kier alpha value is -4.24. The summed E-state index contributed by atoms with van der Waals surface area (Å²) in [7, 11) is 1.97. The van der Waals surface area contributed by atoms with E-state index in [1.54, 1.807) is 11.2 Å². The van der Waals surface area contributed by atoms with Crippen molar-refractivity contribution in [1.82, 2.24) is 24.5 Å². The first-order chi connectivity index (χ1) is 17.0. The molecule has 0 unspecified atom stereocenters. The van der Waals surface area contributed by atoms with Crippen LogP contribution in [0.2, 0.25) is 0 Å². The first-order valence-electron chi connectivity index (χ1n) is 11.4. The SMILES string of the molecule is Cc1cc(Nc2ncnc3ccc(N4CCCC4=O)nc23)ccc1Oc1ccc2c(c1)ncn2C.Cl. The molecule has 1 N–H and O–H groups in total. The zero-order valence-electron chi connectivity index (χ0n) is 19.8. The molecule has 10 heteroatoms. The lowest BCUT2D eigenvalue weighted by Crippen LogP contribution is -2.24. The van der Waals surface area contributed by atoms with E-state index in [4.69, 9.17) is 9.72 Å². The number of hydrogen-bond donors (Lipinski definition) is 1. The van der Waals surface area contributed by atoms with Crippen LogP contribution in [0, 0.1) is 6.92 Å². The van der Waals surface area contributed by atoms with E-state index in [9.17, 15) is 4.79 Å². The zero-order chi connectivity index (χ0) is 23.9. The number of ether oxygens (including phenoxy) is 1. The van der Waals surface area contributed by atoms with Crippen LogP contribution in [0.5, 0.6) is 11.5 Å². The van der Waals surface area contributed by atoms with Crippen LogP contribution in [0.3, 0.4) is 0 Å². The van der Waals surface area contributed by atoms with E-state index in [-0.39, 0.29) is 18.3 Å². The van der Waals surface area contributed by atoms with Crippen molar-refractivity contribution in [3.05, 3.63) is 66.7 Å². The molecule has 1 saturated heterocycles. The Morgan fingerprint density at radius 2 is 1.89 bits per heavy atom. The smallest absolute Gasteiger partial charge is 0.228 e. The molecule has 0 aliphatic carbocycles. The number of fused-ring (bicyclic) bond motifs is 2. The van der Waals surface area contributed by atoms with Crippen molar-refractivity contribution >= 4 is 57.7 Å². The van der Waals surface area contributed by atoms with Crippen LogP contribution in [0.1, 0.15) is 18.4 Å². The van der Waals surface area contributed by atoms with Gasteiger partial charge >= 0.3 is 0 Å². The van der Waals surface area contributed by atoms with E-state index < -0.39 is 0 Å². The van der Waals surface area contributed by atoms with Gasteiger partial charge in [-0.25, -0.2) is 19.9 Å². The highest BCUT2D eigenvalue weighted by Gasteiger charge is 2.23. The van der Waals surface area contributed by atoms with Gasteiger partial charge in [0, 0.05) is 31.8 Å². The number of hydrogen-bond acceptors (Lipinski definition) is 7. The van der Waals surface area contributed by atoms with Gasteiger partial charge in [-0.3, -0.25) is 9.69 Å². The van der Waals surface area contributed by atoms with Crippen molar-refractivity contribution in [1.29, 1.82) is 0 Å². The second-order valence-corrected chi connectivity index (χ2v) is 8.62. The second-order valence-electron chi connectivity index (χ2n) is 8.62. The van der Waals surface area contributed by atoms with Gasteiger partial charge in [0.2, 0.25) is 5.91 Å². The minimum atomic E-state index is 0. The highest BCUT2D eigenvalue weighted by atomic mass is 35.5. The maximum absolute atomic E-state index is 12.2. The minimum absolute atomic E-state index is 0. The van der Waals surface area contributed by atoms with Crippen molar-refractivity contribution < 1.29 is 9.53 Å². The lowest BCUT2D eigenvalue weighted by molar-refractivity contribution is -0.117. The fourth-order valence-electron chi connectivity index (χ4n) is 4.35. The van der Waals surface area contributed by atoms with Gasteiger partial charge in [-0.1, -0.05) is 0 Å². The third kappa shape index (κ3) is 4.29. The lowest BCUT2D eigenvalue weighted by Gasteiger charge is -2.16. The number of nitrogens with zero attached hydrogens (tertiary/aromatic N) is 6. The molecule has 0 bridgehead atoms. The average molecular weight is 502 g/mol. The molecule has 2 aromatic carbocycles. The summed E-state index contributed by atoms with van der Waals surface area (Å²) in [5, 5.41) is 3.35. The fourth-order valence-corrected chi connectivity index (χ4v) is 4.35. The molecule has 0 atom stereocenters. The number of aryl methyl sites for hydroxylation is 2. The van der Waals surface area contributed by atoms with E-state index in [0.29, 0.717) is 35.6 Å². The number of carbonyl (C=O) groups is 1. The molecular formula is C26H24ClN7O2. The van der Waals surface area contributed by atoms with Crippen LogP contribution >= 0.6 is 12.4 Å². The van der Waals surface area contributed by atoms with Crippen LogP contribution < -0.4 is 15.0 Å². The van der Waals surface area contributed by atoms with Crippen molar-refractivity contribution in [3.63, 3.8) is 0 Å². The number of carbonyl (C=O) groups excluding carboxylic acids is 1. The number of benzene rings is 2. The van der Waals surface area contributed by atoms with E-state index in [1.165, 1.54) is 6.33 Å². The van der Waals surface area contributed by atoms with Crippen molar-refractivity contribution in [2.24, 2.45) is 7.05 Å². The monoisotopic (exact) mass is 501 g/mol. The second kappa shape index (κ2) is 9.43. The largest absolute Gasteiger partial charge is 0.457 e.